The molecule has 2 aromatic carbocycles. The first kappa shape index (κ1) is 17.4. The molecule has 2 aromatic rings. The summed E-state index contributed by atoms with van der Waals surface area (Å²) in [6.45, 7) is 4.50. The molecule has 0 radical (unpaired) electrons. The van der Waals surface area contributed by atoms with Gasteiger partial charge in [-0.3, -0.25) is 4.79 Å². The molecule has 0 aliphatic heterocycles. The average molecular weight is 323 g/mol. The van der Waals surface area contributed by atoms with E-state index >= 15 is 0 Å². The van der Waals surface area contributed by atoms with Crippen molar-refractivity contribution < 1.29 is 9.53 Å². The number of carbonyl (C=O) groups excluding carboxylic acids is 1. The number of amides is 1. The first-order valence-corrected chi connectivity index (χ1v) is 7.87. The lowest BCUT2D eigenvalue weighted by Gasteiger charge is -2.11. The Hall–Kier alpha value is -3.00. The molecule has 0 aliphatic rings. The van der Waals surface area contributed by atoms with Gasteiger partial charge in [-0.1, -0.05) is 0 Å². The number of ether oxygens (including phenoxy) is 1. The third-order valence-electron chi connectivity index (χ3n) is 3.21. The van der Waals surface area contributed by atoms with Crippen LogP contribution in [0.2, 0.25) is 0 Å². The lowest BCUT2D eigenvalue weighted by atomic mass is 10.2. The summed E-state index contributed by atoms with van der Waals surface area (Å²) in [5.74, 6) is 0.751. The van der Waals surface area contributed by atoms with Crippen LogP contribution in [0.25, 0.3) is 0 Å². The zero-order valence-electron chi connectivity index (χ0n) is 13.9. The fourth-order valence-corrected chi connectivity index (χ4v) is 2.10. The van der Waals surface area contributed by atoms with Gasteiger partial charge in [0.15, 0.2) is 0 Å². The molecule has 0 spiro atoms. The molecular formula is C19H21N3O2. The van der Waals surface area contributed by atoms with E-state index in [0.29, 0.717) is 24.2 Å². The molecule has 0 aromatic heterocycles. The highest BCUT2D eigenvalue weighted by Gasteiger charge is 2.03. The van der Waals surface area contributed by atoms with Crippen molar-refractivity contribution in [2.45, 2.75) is 26.4 Å². The summed E-state index contributed by atoms with van der Waals surface area (Å²) in [5, 5.41) is 14.7. The molecule has 0 heterocycles. The Bertz CT molecular complexity index is 701. The smallest absolute Gasteiger partial charge is 0.226 e. The molecule has 2 rings (SSSR count). The first-order chi connectivity index (χ1) is 11.6. The predicted octanol–water partition coefficient (Wildman–Crippen LogP) is 3.79. The lowest BCUT2D eigenvalue weighted by molar-refractivity contribution is -0.115. The Morgan fingerprint density at radius 2 is 1.71 bits per heavy atom. The number of hydrogen-bond donors (Lipinski definition) is 2. The largest absolute Gasteiger partial charge is 0.491 e. The predicted molar refractivity (Wildman–Crippen MR) is 95.1 cm³/mol. The first-order valence-electron chi connectivity index (χ1n) is 7.87. The van der Waals surface area contributed by atoms with Gasteiger partial charge in [-0.25, -0.2) is 0 Å². The van der Waals surface area contributed by atoms with Gasteiger partial charge in [-0.05, 0) is 62.4 Å². The number of nitriles is 1. The molecule has 0 atom stereocenters. The zero-order valence-corrected chi connectivity index (χ0v) is 13.9. The zero-order chi connectivity index (χ0) is 17.4. The second kappa shape index (κ2) is 8.59. The fourth-order valence-electron chi connectivity index (χ4n) is 2.10. The minimum Gasteiger partial charge on any atom is -0.491 e. The van der Waals surface area contributed by atoms with Crippen LogP contribution in [-0.2, 0) is 4.79 Å². The fraction of sp³-hybridized carbons (Fsp3) is 0.263. The normalized spacial score (nSPS) is 10.1. The van der Waals surface area contributed by atoms with Gasteiger partial charge in [0.05, 0.1) is 17.7 Å². The van der Waals surface area contributed by atoms with Crippen LogP contribution < -0.4 is 15.4 Å². The minimum atomic E-state index is -0.0769. The Morgan fingerprint density at radius 1 is 1.08 bits per heavy atom. The van der Waals surface area contributed by atoms with Crippen LogP contribution in [0.5, 0.6) is 5.75 Å². The molecule has 1 amide bonds. The number of anilines is 2. The van der Waals surface area contributed by atoms with Gasteiger partial charge in [0.1, 0.15) is 5.75 Å². The van der Waals surface area contributed by atoms with E-state index in [0.717, 1.165) is 11.4 Å². The molecule has 0 aliphatic carbocycles. The summed E-state index contributed by atoms with van der Waals surface area (Å²) in [7, 11) is 0. The quantitative estimate of drug-likeness (QED) is 0.813. The SMILES string of the molecule is CC(C)Oc1ccc(NCCC(=O)Nc2ccc(C#N)cc2)cc1. The van der Waals surface area contributed by atoms with Crippen LogP contribution in [0.1, 0.15) is 25.8 Å². The van der Waals surface area contributed by atoms with E-state index in [9.17, 15) is 4.79 Å². The van der Waals surface area contributed by atoms with Crippen LogP contribution in [0, 0.1) is 11.3 Å². The monoisotopic (exact) mass is 323 g/mol. The number of carbonyl (C=O) groups is 1. The van der Waals surface area contributed by atoms with E-state index in [1.54, 1.807) is 24.3 Å². The standard InChI is InChI=1S/C19H21N3O2/c1-14(2)24-18-9-7-16(8-10-18)21-12-11-19(23)22-17-5-3-15(13-20)4-6-17/h3-10,14,21H,11-12H2,1-2H3,(H,22,23). The lowest BCUT2D eigenvalue weighted by Crippen LogP contribution is -2.16. The van der Waals surface area contributed by atoms with Gasteiger partial charge in [-0.2, -0.15) is 5.26 Å². The van der Waals surface area contributed by atoms with Crippen LogP contribution in [0.15, 0.2) is 48.5 Å². The third kappa shape index (κ3) is 5.65. The van der Waals surface area contributed by atoms with Gasteiger partial charge >= 0.3 is 0 Å². The molecule has 0 bridgehead atoms. The highest BCUT2D eigenvalue weighted by atomic mass is 16.5. The molecule has 0 saturated carbocycles. The molecule has 5 nitrogen and oxygen atoms in total. The maximum atomic E-state index is 11.9. The summed E-state index contributed by atoms with van der Waals surface area (Å²) in [5.41, 5.74) is 2.20. The Morgan fingerprint density at radius 3 is 2.29 bits per heavy atom. The summed E-state index contributed by atoms with van der Waals surface area (Å²) >= 11 is 0. The van der Waals surface area contributed by atoms with Gasteiger partial charge < -0.3 is 15.4 Å². The van der Waals surface area contributed by atoms with Crippen molar-refractivity contribution in [3.05, 3.63) is 54.1 Å². The molecular weight excluding hydrogens is 302 g/mol. The maximum Gasteiger partial charge on any atom is 0.226 e. The molecule has 5 heteroatoms. The van der Waals surface area contributed by atoms with Crippen LogP contribution in [0.4, 0.5) is 11.4 Å². The molecule has 0 saturated heterocycles. The number of nitrogens with one attached hydrogen (secondary N) is 2. The van der Waals surface area contributed by atoms with Crippen molar-refractivity contribution in [3.8, 4) is 11.8 Å². The number of nitrogens with zero attached hydrogens (tertiary/aromatic N) is 1. The summed E-state index contributed by atoms with van der Waals surface area (Å²) in [6, 6.07) is 16.5. The Balaban J connectivity index is 1.74. The topological polar surface area (TPSA) is 74.2 Å². The minimum absolute atomic E-state index is 0.0769. The second-order valence-electron chi connectivity index (χ2n) is 5.61. The van der Waals surface area contributed by atoms with Crippen molar-refractivity contribution in [1.82, 2.24) is 0 Å². The Kier molecular flexibility index (Phi) is 6.21. The summed E-state index contributed by atoms with van der Waals surface area (Å²) < 4.78 is 5.58. The van der Waals surface area contributed by atoms with E-state index in [1.807, 2.05) is 44.2 Å². The third-order valence-corrected chi connectivity index (χ3v) is 3.21. The summed E-state index contributed by atoms with van der Waals surface area (Å²) in [6.07, 6.45) is 0.499. The van der Waals surface area contributed by atoms with Crippen LogP contribution in [0.3, 0.4) is 0 Å². The van der Waals surface area contributed by atoms with Gasteiger partial charge in [-0.15, -0.1) is 0 Å². The number of benzene rings is 2. The van der Waals surface area contributed by atoms with E-state index in [-0.39, 0.29) is 12.0 Å². The molecule has 124 valence electrons. The molecule has 24 heavy (non-hydrogen) atoms. The number of hydrogen-bond acceptors (Lipinski definition) is 4. The van der Waals surface area contributed by atoms with E-state index < -0.39 is 0 Å². The Labute approximate surface area is 142 Å². The summed E-state index contributed by atoms with van der Waals surface area (Å²) in [4.78, 5) is 11.9. The molecule has 0 fully saturated rings. The van der Waals surface area contributed by atoms with Gasteiger partial charge in [0.2, 0.25) is 5.91 Å². The second-order valence-corrected chi connectivity index (χ2v) is 5.61. The van der Waals surface area contributed by atoms with Gasteiger partial charge in [0, 0.05) is 24.3 Å². The van der Waals surface area contributed by atoms with E-state index in [2.05, 4.69) is 10.6 Å². The van der Waals surface area contributed by atoms with Crippen LogP contribution in [-0.4, -0.2) is 18.6 Å². The van der Waals surface area contributed by atoms with E-state index in [4.69, 9.17) is 10.00 Å². The molecule has 0 unspecified atom stereocenters. The highest BCUT2D eigenvalue weighted by Crippen LogP contribution is 2.17. The average Bonchev–Trinajstić information content (AvgIpc) is 2.57. The highest BCUT2D eigenvalue weighted by molar-refractivity contribution is 5.91. The van der Waals surface area contributed by atoms with Crippen LogP contribution >= 0.6 is 0 Å². The number of rotatable bonds is 7. The van der Waals surface area contributed by atoms with Crippen molar-refractivity contribution >= 4 is 17.3 Å². The van der Waals surface area contributed by atoms with Gasteiger partial charge in [0.25, 0.3) is 0 Å². The van der Waals surface area contributed by atoms with Crippen molar-refractivity contribution in [1.29, 1.82) is 5.26 Å². The maximum absolute atomic E-state index is 11.9. The van der Waals surface area contributed by atoms with Crippen molar-refractivity contribution in [2.24, 2.45) is 0 Å². The molecule has 2 N–H and O–H groups in total. The van der Waals surface area contributed by atoms with Crippen molar-refractivity contribution in [3.63, 3.8) is 0 Å². The van der Waals surface area contributed by atoms with Crippen molar-refractivity contribution in [2.75, 3.05) is 17.2 Å². The van der Waals surface area contributed by atoms with E-state index in [1.165, 1.54) is 0 Å².